The maximum atomic E-state index is 11.0. The molecule has 0 aliphatic heterocycles. The summed E-state index contributed by atoms with van der Waals surface area (Å²) in [6, 6.07) is 11.7. The molecule has 6 heteroatoms. The summed E-state index contributed by atoms with van der Waals surface area (Å²) in [7, 11) is -2.92. The minimum Gasteiger partial charge on any atom is -0.460 e. The van der Waals surface area contributed by atoms with Crippen LogP contribution in [0.1, 0.15) is 5.76 Å². The molecular weight excluding hydrogens is 342 g/mol. The molecule has 20 heavy (non-hydrogen) atoms. The first-order valence-corrected chi connectivity index (χ1v) is 9.02. The number of rotatable bonds is 6. The summed E-state index contributed by atoms with van der Waals surface area (Å²) in [6.07, 6.45) is 1.23. The molecular formula is C14H16BrNO3S. The molecule has 0 fully saturated rings. The first-order chi connectivity index (χ1) is 9.44. The minimum absolute atomic E-state index is 0.131. The maximum absolute atomic E-state index is 11.0. The summed E-state index contributed by atoms with van der Waals surface area (Å²) in [5, 5.41) is 3.05. The van der Waals surface area contributed by atoms with Gasteiger partial charge in [-0.15, -0.1) is 0 Å². The van der Waals surface area contributed by atoms with Crippen LogP contribution in [0.15, 0.2) is 45.3 Å². The van der Waals surface area contributed by atoms with Crippen molar-refractivity contribution in [3.8, 4) is 11.3 Å². The molecule has 4 nitrogen and oxygen atoms in total. The fraction of sp³-hybridized carbons (Fsp3) is 0.286. The molecule has 1 aromatic carbocycles. The van der Waals surface area contributed by atoms with Crippen LogP contribution in [-0.2, 0) is 16.4 Å². The van der Waals surface area contributed by atoms with Gasteiger partial charge < -0.3 is 9.73 Å². The largest absolute Gasteiger partial charge is 0.460 e. The molecule has 0 saturated carbocycles. The molecule has 0 radical (unpaired) electrons. The van der Waals surface area contributed by atoms with Crippen LogP contribution in [0, 0.1) is 0 Å². The number of halogens is 1. The van der Waals surface area contributed by atoms with E-state index < -0.39 is 9.84 Å². The van der Waals surface area contributed by atoms with Gasteiger partial charge in [0.15, 0.2) is 0 Å². The maximum Gasteiger partial charge on any atom is 0.148 e. The van der Waals surface area contributed by atoms with Crippen LogP contribution in [0.3, 0.4) is 0 Å². The SMILES string of the molecule is CS(=O)(=O)CCNCc1ccc(-c2cccc(Br)c2)o1. The second-order valence-electron chi connectivity index (χ2n) is 4.58. The summed E-state index contributed by atoms with van der Waals surface area (Å²) in [5.74, 6) is 1.71. The molecule has 0 bridgehead atoms. The fourth-order valence-electron chi connectivity index (χ4n) is 1.74. The Hall–Kier alpha value is -1.11. The summed E-state index contributed by atoms with van der Waals surface area (Å²) in [4.78, 5) is 0. The third-order valence-corrected chi connectivity index (χ3v) is 4.16. The number of hydrogen-bond acceptors (Lipinski definition) is 4. The van der Waals surface area contributed by atoms with Crippen LogP contribution in [-0.4, -0.2) is 27.0 Å². The lowest BCUT2D eigenvalue weighted by Crippen LogP contribution is -2.21. The minimum atomic E-state index is -2.92. The zero-order valence-electron chi connectivity index (χ0n) is 11.1. The standard InChI is InChI=1S/C14H16BrNO3S/c1-20(17,18)8-7-16-10-13-5-6-14(19-13)11-3-2-4-12(15)9-11/h2-6,9,16H,7-8,10H2,1H3. The van der Waals surface area contributed by atoms with Gasteiger partial charge in [-0.1, -0.05) is 28.1 Å². The van der Waals surface area contributed by atoms with Crippen molar-refractivity contribution in [3.63, 3.8) is 0 Å². The van der Waals surface area contributed by atoms with E-state index in [1.165, 1.54) is 6.26 Å². The van der Waals surface area contributed by atoms with E-state index >= 15 is 0 Å². The lowest BCUT2D eigenvalue weighted by molar-refractivity contribution is 0.497. The van der Waals surface area contributed by atoms with E-state index in [0.717, 1.165) is 21.6 Å². The van der Waals surface area contributed by atoms with Gasteiger partial charge in [-0.2, -0.15) is 0 Å². The molecule has 0 spiro atoms. The number of benzene rings is 1. The Morgan fingerprint density at radius 2 is 2.05 bits per heavy atom. The highest BCUT2D eigenvalue weighted by Gasteiger charge is 2.06. The average molecular weight is 358 g/mol. The van der Waals surface area contributed by atoms with Gasteiger partial charge in [0, 0.05) is 22.8 Å². The van der Waals surface area contributed by atoms with Gasteiger partial charge in [0.2, 0.25) is 0 Å². The van der Waals surface area contributed by atoms with Gasteiger partial charge in [0.05, 0.1) is 12.3 Å². The van der Waals surface area contributed by atoms with Gasteiger partial charge in [0.25, 0.3) is 0 Å². The first kappa shape index (κ1) is 15.3. The van der Waals surface area contributed by atoms with Crippen LogP contribution < -0.4 is 5.32 Å². The van der Waals surface area contributed by atoms with E-state index in [9.17, 15) is 8.42 Å². The molecule has 1 N–H and O–H groups in total. The van der Waals surface area contributed by atoms with Gasteiger partial charge in [-0.3, -0.25) is 0 Å². The molecule has 0 saturated heterocycles. The third kappa shape index (κ3) is 4.77. The Morgan fingerprint density at radius 3 is 2.75 bits per heavy atom. The normalized spacial score (nSPS) is 11.7. The quantitative estimate of drug-likeness (QED) is 0.807. The molecule has 0 atom stereocenters. The smallest absolute Gasteiger partial charge is 0.148 e. The van der Waals surface area contributed by atoms with Crippen molar-refractivity contribution in [2.75, 3.05) is 18.6 Å². The van der Waals surface area contributed by atoms with Crippen LogP contribution >= 0.6 is 15.9 Å². The molecule has 0 aliphatic rings. The van der Waals surface area contributed by atoms with E-state index in [4.69, 9.17) is 4.42 Å². The van der Waals surface area contributed by atoms with Crippen molar-refractivity contribution in [2.24, 2.45) is 0 Å². The Morgan fingerprint density at radius 1 is 1.25 bits per heavy atom. The number of furan rings is 1. The van der Waals surface area contributed by atoms with Crippen LogP contribution in [0.2, 0.25) is 0 Å². The highest BCUT2D eigenvalue weighted by molar-refractivity contribution is 9.10. The molecule has 0 unspecified atom stereocenters. The van der Waals surface area contributed by atoms with Crippen molar-refractivity contribution in [1.82, 2.24) is 5.32 Å². The molecule has 0 amide bonds. The van der Waals surface area contributed by atoms with Gasteiger partial charge in [-0.25, -0.2) is 8.42 Å². The van der Waals surface area contributed by atoms with Crippen LogP contribution in [0.25, 0.3) is 11.3 Å². The monoisotopic (exact) mass is 357 g/mol. The second kappa shape index (κ2) is 6.56. The molecule has 2 aromatic rings. The summed E-state index contributed by atoms with van der Waals surface area (Å²) in [6.45, 7) is 0.940. The zero-order valence-corrected chi connectivity index (χ0v) is 13.5. The summed E-state index contributed by atoms with van der Waals surface area (Å²) < 4.78 is 28.7. The molecule has 108 valence electrons. The Labute approximate surface area is 127 Å². The lowest BCUT2D eigenvalue weighted by Gasteiger charge is -2.01. The molecule has 0 aliphatic carbocycles. The molecule has 1 heterocycles. The second-order valence-corrected chi connectivity index (χ2v) is 7.76. The van der Waals surface area contributed by atoms with E-state index in [2.05, 4.69) is 21.2 Å². The zero-order chi connectivity index (χ0) is 14.6. The van der Waals surface area contributed by atoms with Crippen molar-refractivity contribution in [3.05, 3.63) is 46.6 Å². The Bertz CT molecular complexity index is 679. The summed E-state index contributed by atoms with van der Waals surface area (Å²) >= 11 is 3.43. The van der Waals surface area contributed by atoms with Crippen molar-refractivity contribution in [1.29, 1.82) is 0 Å². The predicted octanol–water partition coefficient (Wildman–Crippen LogP) is 2.84. The fourth-order valence-corrected chi connectivity index (χ4v) is 2.65. The first-order valence-electron chi connectivity index (χ1n) is 6.17. The van der Waals surface area contributed by atoms with Gasteiger partial charge >= 0.3 is 0 Å². The molecule has 2 rings (SSSR count). The highest BCUT2D eigenvalue weighted by Crippen LogP contribution is 2.24. The van der Waals surface area contributed by atoms with Crippen molar-refractivity contribution < 1.29 is 12.8 Å². The van der Waals surface area contributed by atoms with E-state index in [-0.39, 0.29) is 5.75 Å². The molecule has 1 aromatic heterocycles. The predicted molar refractivity (Wildman–Crippen MR) is 83.3 cm³/mol. The average Bonchev–Trinajstić information content (AvgIpc) is 2.82. The van der Waals surface area contributed by atoms with E-state index in [1.807, 2.05) is 36.4 Å². The van der Waals surface area contributed by atoms with E-state index in [1.54, 1.807) is 0 Å². The Balaban J connectivity index is 1.93. The number of hydrogen-bond donors (Lipinski definition) is 1. The van der Waals surface area contributed by atoms with Crippen molar-refractivity contribution >= 4 is 25.8 Å². The summed E-state index contributed by atoms with van der Waals surface area (Å²) in [5.41, 5.74) is 1.00. The van der Waals surface area contributed by atoms with Crippen LogP contribution in [0.5, 0.6) is 0 Å². The number of nitrogens with one attached hydrogen (secondary N) is 1. The van der Waals surface area contributed by atoms with E-state index in [0.29, 0.717) is 13.1 Å². The van der Waals surface area contributed by atoms with Gasteiger partial charge in [-0.05, 0) is 24.3 Å². The van der Waals surface area contributed by atoms with Crippen LogP contribution in [0.4, 0.5) is 0 Å². The number of sulfone groups is 1. The highest BCUT2D eigenvalue weighted by atomic mass is 79.9. The lowest BCUT2D eigenvalue weighted by atomic mass is 10.2. The van der Waals surface area contributed by atoms with Gasteiger partial charge in [0.1, 0.15) is 21.4 Å². The Kier molecular flexibility index (Phi) is 5.01. The van der Waals surface area contributed by atoms with Crippen molar-refractivity contribution in [2.45, 2.75) is 6.54 Å². The third-order valence-electron chi connectivity index (χ3n) is 2.72. The topological polar surface area (TPSA) is 59.3 Å².